The number of fused-ring (bicyclic) bond motifs is 2. The molecule has 2 heterocycles. The summed E-state index contributed by atoms with van der Waals surface area (Å²) in [7, 11) is -0.756. The molecule has 8 heteroatoms. The van der Waals surface area contributed by atoms with E-state index in [1.165, 1.54) is 6.92 Å². The van der Waals surface area contributed by atoms with Gasteiger partial charge in [0, 0.05) is 19.1 Å². The van der Waals surface area contributed by atoms with Crippen LogP contribution in [0.1, 0.15) is 26.2 Å². The second-order valence-corrected chi connectivity index (χ2v) is 6.99. The molecule has 28 heavy (non-hydrogen) atoms. The lowest BCUT2D eigenvalue weighted by molar-refractivity contribution is -0.141. The monoisotopic (exact) mass is 380 g/mol. The lowest BCUT2D eigenvalue weighted by Crippen LogP contribution is -2.36. The Hall–Kier alpha value is -2.76. The van der Waals surface area contributed by atoms with Crippen LogP contribution in [0.25, 0.3) is 0 Å². The van der Waals surface area contributed by atoms with E-state index in [-0.39, 0.29) is 26.0 Å². The number of carbonyl (C=O) groups is 1. The number of esters is 1. The molecule has 0 aromatic heterocycles. The molecule has 0 N–H and O–H groups in total. The average molecular weight is 380 g/mol. The first-order valence-electron chi connectivity index (χ1n) is 9.67. The normalized spacial score (nSPS) is 14.9. The number of ether oxygens (including phenoxy) is 1. The summed E-state index contributed by atoms with van der Waals surface area (Å²) >= 11 is 0. The average Bonchev–Trinajstić information content (AvgIpc) is 3.29. The summed E-state index contributed by atoms with van der Waals surface area (Å²) in [5.41, 5.74) is 0. The van der Waals surface area contributed by atoms with Gasteiger partial charge >= 0.3 is 20.2 Å². The maximum Gasteiger partial charge on any atom is 0.597 e. The van der Waals surface area contributed by atoms with E-state index >= 15 is 0 Å². The van der Waals surface area contributed by atoms with Crippen LogP contribution >= 0.6 is 0 Å². The molecule has 0 fully saturated rings. The third-order valence-electron chi connectivity index (χ3n) is 4.86. The van der Waals surface area contributed by atoms with Crippen molar-refractivity contribution in [3.8, 4) is 23.0 Å². The zero-order chi connectivity index (χ0) is 19.3. The van der Waals surface area contributed by atoms with Crippen LogP contribution in [0.2, 0.25) is 12.1 Å². The molecule has 0 aliphatic carbocycles. The minimum atomic E-state index is -0.387. The van der Waals surface area contributed by atoms with Crippen molar-refractivity contribution < 1.29 is 28.1 Å². The van der Waals surface area contributed by atoms with Gasteiger partial charge < -0.3 is 23.4 Å². The third-order valence-corrected chi connectivity index (χ3v) is 4.86. The minimum absolute atomic E-state index is 0.0732. The van der Waals surface area contributed by atoms with E-state index in [1.807, 2.05) is 48.5 Å². The standard InChI is InChI=1S/C20H22B2O6/c1-15(23)24-13-7-6-8-16(22-27-19-11-4-5-12-20(19)28-22)14-21-25-17-9-2-3-10-18(17)26-21/h2-5,9-12,16H,6-8,13-14H2,1H3. The topological polar surface area (TPSA) is 63.2 Å². The van der Waals surface area contributed by atoms with Crippen LogP contribution in [-0.4, -0.2) is 26.8 Å². The maximum absolute atomic E-state index is 10.9. The summed E-state index contributed by atoms with van der Waals surface area (Å²) in [6.45, 7) is 1.85. The quantitative estimate of drug-likeness (QED) is 0.392. The summed E-state index contributed by atoms with van der Waals surface area (Å²) in [5.74, 6) is 2.86. The van der Waals surface area contributed by atoms with E-state index in [4.69, 9.17) is 23.4 Å². The number of benzene rings is 2. The number of unbranched alkanes of at least 4 members (excludes halogenated alkanes) is 1. The van der Waals surface area contributed by atoms with E-state index in [9.17, 15) is 4.79 Å². The zero-order valence-corrected chi connectivity index (χ0v) is 15.8. The molecular weight excluding hydrogens is 358 g/mol. The van der Waals surface area contributed by atoms with Gasteiger partial charge in [0.2, 0.25) is 0 Å². The first-order chi connectivity index (χ1) is 13.7. The molecule has 2 aromatic rings. The lowest BCUT2D eigenvalue weighted by Gasteiger charge is -2.18. The summed E-state index contributed by atoms with van der Waals surface area (Å²) in [4.78, 5) is 10.9. The molecule has 1 atom stereocenters. The Kier molecular flexibility index (Phi) is 5.65. The second kappa shape index (κ2) is 8.50. The lowest BCUT2D eigenvalue weighted by atomic mass is 9.59. The van der Waals surface area contributed by atoms with Crippen LogP contribution in [0.5, 0.6) is 23.0 Å². The van der Waals surface area contributed by atoms with Gasteiger partial charge in [-0.05, 0) is 37.1 Å². The van der Waals surface area contributed by atoms with Gasteiger partial charge in [0.05, 0.1) is 6.61 Å². The molecule has 0 radical (unpaired) electrons. The number of hydrogen-bond acceptors (Lipinski definition) is 6. The highest BCUT2D eigenvalue weighted by Crippen LogP contribution is 2.41. The Labute approximate surface area is 165 Å². The summed E-state index contributed by atoms with van der Waals surface area (Å²) in [5, 5.41) is 0. The highest BCUT2D eigenvalue weighted by atomic mass is 16.6. The molecule has 2 aliphatic heterocycles. The number of para-hydroxylation sites is 4. The van der Waals surface area contributed by atoms with Gasteiger partial charge in [0.25, 0.3) is 0 Å². The van der Waals surface area contributed by atoms with Crippen molar-refractivity contribution in [2.45, 2.75) is 38.3 Å². The highest BCUT2D eigenvalue weighted by molar-refractivity contribution is 6.55. The van der Waals surface area contributed by atoms with E-state index < -0.39 is 0 Å². The van der Waals surface area contributed by atoms with Crippen molar-refractivity contribution in [3.05, 3.63) is 48.5 Å². The second-order valence-electron chi connectivity index (χ2n) is 6.99. The molecule has 0 saturated carbocycles. The minimum Gasteiger partial charge on any atom is -0.523 e. The molecule has 0 saturated heterocycles. The predicted molar refractivity (Wildman–Crippen MR) is 106 cm³/mol. The van der Waals surface area contributed by atoms with Crippen molar-refractivity contribution >= 4 is 20.2 Å². The largest absolute Gasteiger partial charge is 0.597 e. The van der Waals surface area contributed by atoms with Gasteiger partial charge in [-0.1, -0.05) is 30.7 Å². The van der Waals surface area contributed by atoms with E-state index in [0.717, 1.165) is 42.3 Å². The van der Waals surface area contributed by atoms with Gasteiger partial charge in [-0.15, -0.1) is 0 Å². The van der Waals surface area contributed by atoms with E-state index in [2.05, 4.69) is 0 Å². The van der Waals surface area contributed by atoms with Crippen LogP contribution < -0.4 is 18.6 Å². The van der Waals surface area contributed by atoms with Crippen molar-refractivity contribution in [1.29, 1.82) is 0 Å². The fourth-order valence-corrected chi connectivity index (χ4v) is 3.50. The molecule has 2 aliphatic rings. The smallest absolute Gasteiger partial charge is 0.523 e. The molecule has 0 spiro atoms. The Morgan fingerprint density at radius 3 is 1.96 bits per heavy atom. The number of carbonyl (C=O) groups excluding carboxylic acids is 1. The van der Waals surface area contributed by atoms with Gasteiger partial charge in [-0.3, -0.25) is 4.79 Å². The summed E-state index contributed by atoms with van der Waals surface area (Å²) in [6.07, 6.45) is 3.17. The summed E-state index contributed by atoms with van der Waals surface area (Å²) in [6, 6.07) is 15.3. The summed E-state index contributed by atoms with van der Waals surface area (Å²) < 4.78 is 29.0. The Morgan fingerprint density at radius 1 is 0.893 bits per heavy atom. The van der Waals surface area contributed by atoms with Gasteiger partial charge in [-0.25, -0.2) is 0 Å². The van der Waals surface area contributed by atoms with Crippen molar-refractivity contribution in [3.63, 3.8) is 0 Å². The molecule has 4 rings (SSSR count). The van der Waals surface area contributed by atoms with Crippen LogP contribution in [-0.2, 0) is 9.53 Å². The molecule has 2 aromatic carbocycles. The van der Waals surface area contributed by atoms with Crippen molar-refractivity contribution in [2.24, 2.45) is 0 Å². The van der Waals surface area contributed by atoms with Gasteiger partial charge in [-0.2, -0.15) is 0 Å². The van der Waals surface area contributed by atoms with Gasteiger partial charge in [0.1, 0.15) is 23.0 Å². The van der Waals surface area contributed by atoms with E-state index in [1.54, 1.807) is 0 Å². The predicted octanol–water partition coefficient (Wildman–Crippen LogP) is 4.01. The van der Waals surface area contributed by atoms with Crippen LogP contribution in [0.3, 0.4) is 0 Å². The van der Waals surface area contributed by atoms with Gasteiger partial charge in [0.15, 0.2) is 0 Å². The fourth-order valence-electron chi connectivity index (χ4n) is 3.50. The third kappa shape index (κ3) is 4.38. The van der Waals surface area contributed by atoms with Crippen LogP contribution in [0, 0.1) is 0 Å². The zero-order valence-electron chi connectivity index (χ0n) is 15.8. The molecular formula is C20H22B2O6. The maximum atomic E-state index is 10.9. The first kappa shape index (κ1) is 18.6. The molecule has 144 valence electrons. The van der Waals surface area contributed by atoms with Crippen LogP contribution in [0.4, 0.5) is 0 Å². The Bertz CT molecular complexity index is 780. The van der Waals surface area contributed by atoms with Crippen LogP contribution in [0.15, 0.2) is 48.5 Å². The van der Waals surface area contributed by atoms with Crippen molar-refractivity contribution in [1.82, 2.24) is 0 Å². The number of hydrogen-bond donors (Lipinski definition) is 0. The SMILES string of the molecule is CC(=O)OCCCCC(CB1Oc2ccccc2O1)B1Oc2ccccc2O1. The van der Waals surface area contributed by atoms with E-state index in [0.29, 0.717) is 12.9 Å². The molecule has 1 unspecified atom stereocenters. The molecule has 6 nitrogen and oxygen atoms in total. The number of rotatable bonds is 8. The van der Waals surface area contributed by atoms with Crippen molar-refractivity contribution in [2.75, 3.05) is 6.61 Å². The first-order valence-corrected chi connectivity index (χ1v) is 9.67. The molecule has 0 bridgehead atoms. The Morgan fingerprint density at radius 2 is 1.43 bits per heavy atom. The Balaban J connectivity index is 1.37. The highest BCUT2D eigenvalue weighted by Gasteiger charge is 2.45. The fraction of sp³-hybridized carbons (Fsp3) is 0.350. The molecule has 0 amide bonds.